The third kappa shape index (κ3) is 5.55. The molecule has 5 nitrogen and oxygen atoms in total. The minimum atomic E-state index is -0.326. The largest absolute Gasteiger partial charge is 0.483 e. The normalized spacial score (nSPS) is 15.0. The summed E-state index contributed by atoms with van der Waals surface area (Å²) in [5.41, 5.74) is 1.24. The Hall–Kier alpha value is -1.87. The molecule has 2 aromatic carbocycles. The lowest BCUT2D eigenvalue weighted by molar-refractivity contribution is -0.118. The Morgan fingerprint density at radius 2 is 2.15 bits per heavy atom. The highest BCUT2D eigenvalue weighted by Crippen LogP contribution is 2.31. The molecule has 2 amide bonds. The highest BCUT2D eigenvalue weighted by atomic mass is 79.9. The van der Waals surface area contributed by atoms with Gasteiger partial charge in [0.25, 0.3) is 11.8 Å². The second-order valence-corrected chi connectivity index (χ2v) is 8.45. The molecule has 0 aromatic heterocycles. The molecule has 0 aliphatic carbocycles. The monoisotopic (exact) mass is 482 g/mol. The summed E-state index contributed by atoms with van der Waals surface area (Å²) >= 11 is 15.5. The Balaban J connectivity index is 1.71. The topological polar surface area (TPSA) is 67.4 Å². The van der Waals surface area contributed by atoms with Crippen molar-refractivity contribution in [2.75, 3.05) is 11.9 Å². The predicted octanol–water partition coefficient (Wildman–Crippen LogP) is 4.61. The molecule has 1 fully saturated rings. The lowest BCUT2D eigenvalue weighted by Crippen LogP contribution is -2.20. The first-order valence-electron chi connectivity index (χ1n) is 7.63. The van der Waals surface area contributed by atoms with Crippen LogP contribution in [-0.2, 0) is 9.59 Å². The molecule has 9 heteroatoms. The number of nitrogens with one attached hydrogen (secondary N) is 2. The maximum Gasteiger partial charge on any atom is 0.263 e. The maximum atomic E-state index is 12.1. The SMILES string of the molecule is O=C(COc1ccc(Br)cc1/C=C1\SC(=S)NC1=O)Nc1cccc(Cl)c1. The van der Waals surface area contributed by atoms with Crippen LogP contribution in [0.1, 0.15) is 5.56 Å². The molecular formula is C18H12BrClN2O3S2. The molecule has 1 saturated heterocycles. The number of benzene rings is 2. The first kappa shape index (κ1) is 19.9. The lowest BCUT2D eigenvalue weighted by Gasteiger charge is -2.11. The van der Waals surface area contributed by atoms with E-state index in [4.69, 9.17) is 28.6 Å². The Morgan fingerprint density at radius 3 is 2.85 bits per heavy atom. The number of carbonyl (C=O) groups excluding carboxylic acids is 2. The average molecular weight is 484 g/mol. The summed E-state index contributed by atoms with van der Waals surface area (Å²) in [6.45, 7) is -0.192. The number of ether oxygens (including phenoxy) is 1. The van der Waals surface area contributed by atoms with Gasteiger partial charge in [-0.25, -0.2) is 0 Å². The van der Waals surface area contributed by atoms with Gasteiger partial charge in [0.15, 0.2) is 6.61 Å². The van der Waals surface area contributed by atoms with Crippen molar-refractivity contribution in [1.82, 2.24) is 5.32 Å². The summed E-state index contributed by atoms with van der Waals surface area (Å²) in [7, 11) is 0. The van der Waals surface area contributed by atoms with Crippen LogP contribution in [0.15, 0.2) is 51.8 Å². The number of carbonyl (C=O) groups is 2. The Bertz CT molecular complexity index is 965. The van der Waals surface area contributed by atoms with Gasteiger partial charge >= 0.3 is 0 Å². The summed E-state index contributed by atoms with van der Waals surface area (Å²) in [6.07, 6.45) is 1.67. The van der Waals surface area contributed by atoms with E-state index < -0.39 is 0 Å². The van der Waals surface area contributed by atoms with Crippen LogP contribution in [0.5, 0.6) is 5.75 Å². The van der Waals surface area contributed by atoms with Gasteiger partial charge in [-0.3, -0.25) is 9.59 Å². The average Bonchev–Trinajstić information content (AvgIpc) is 2.91. The van der Waals surface area contributed by atoms with E-state index in [0.29, 0.717) is 31.2 Å². The number of thiocarbonyl (C=S) groups is 1. The maximum absolute atomic E-state index is 12.1. The van der Waals surface area contributed by atoms with E-state index >= 15 is 0 Å². The fourth-order valence-corrected chi connectivity index (χ4v) is 3.84. The van der Waals surface area contributed by atoms with Crippen LogP contribution in [0, 0.1) is 0 Å². The van der Waals surface area contributed by atoms with E-state index in [-0.39, 0.29) is 18.4 Å². The van der Waals surface area contributed by atoms with Crippen molar-refractivity contribution < 1.29 is 14.3 Å². The van der Waals surface area contributed by atoms with Crippen molar-refractivity contribution >= 4 is 79.4 Å². The highest BCUT2D eigenvalue weighted by Gasteiger charge is 2.22. The van der Waals surface area contributed by atoms with Gasteiger partial charge < -0.3 is 15.4 Å². The molecule has 1 heterocycles. The molecule has 0 saturated carbocycles. The number of hydrogen-bond acceptors (Lipinski definition) is 5. The van der Waals surface area contributed by atoms with Crippen LogP contribution >= 0.6 is 51.5 Å². The Kier molecular flexibility index (Phi) is 6.54. The molecule has 2 aromatic rings. The van der Waals surface area contributed by atoms with Crippen LogP contribution < -0.4 is 15.4 Å². The minimum absolute atomic E-state index is 0.192. The Morgan fingerprint density at radius 1 is 1.33 bits per heavy atom. The molecule has 0 radical (unpaired) electrons. The van der Waals surface area contributed by atoms with Gasteiger partial charge in [0.05, 0.1) is 4.91 Å². The molecule has 3 rings (SSSR count). The van der Waals surface area contributed by atoms with Crippen molar-refractivity contribution in [3.8, 4) is 5.75 Å². The van der Waals surface area contributed by atoms with Crippen LogP contribution in [0.2, 0.25) is 5.02 Å². The summed E-state index contributed by atoms with van der Waals surface area (Å²) in [4.78, 5) is 24.5. The molecule has 2 N–H and O–H groups in total. The van der Waals surface area contributed by atoms with E-state index in [1.54, 1.807) is 48.5 Å². The fraction of sp³-hybridized carbons (Fsp3) is 0.0556. The van der Waals surface area contributed by atoms with Gasteiger partial charge in [-0.05, 0) is 42.5 Å². The first-order chi connectivity index (χ1) is 12.9. The van der Waals surface area contributed by atoms with Gasteiger partial charge in [-0.2, -0.15) is 0 Å². The third-order valence-electron chi connectivity index (χ3n) is 3.37. The van der Waals surface area contributed by atoms with Gasteiger partial charge in [-0.15, -0.1) is 0 Å². The van der Waals surface area contributed by atoms with Crippen LogP contribution in [0.25, 0.3) is 6.08 Å². The van der Waals surface area contributed by atoms with Gasteiger partial charge in [0.2, 0.25) is 0 Å². The smallest absolute Gasteiger partial charge is 0.263 e. The van der Waals surface area contributed by atoms with Crippen molar-refractivity contribution in [2.24, 2.45) is 0 Å². The molecule has 0 bridgehead atoms. The van der Waals surface area contributed by atoms with E-state index in [0.717, 1.165) is 4.47 Å². The number of amides is 2. The van der Waals surface area contributed by atoms with Crippen molar-refractivity contribution in [2.45, 2.75) is 0 Å². The second kappa shape index (κ2) is 8.88. The zero-order chi connectivity index (χ0) is 19.4. The van der Waals surface area contributed by atoms with Crippen molar-refractivity contribution in [3.63, 3.8) is 0 Å². The van der Waals surface area contributed by atoms with Crippen LogP contribution in [0.3, 0.4) is 0 Å². The van der Waals surface area contributed by atoms with E-state index in [9.17, 15) is 9.59 Å². The molecular weight excluding hydrogens is 472 g/mol. The van der Waals surface area contributed by atoms with Gasteiger partial charge in [0, 0.05) is 20.7 Å². The molecule has 0 unspecified atom stereocenters. The highest BCUT2D eigenvalue weighted by molar-refractivity contribution is 9.10. The number of thioether (sulfide) groups is 1. The second-order valence-electron chi connectivity index (χ2n) is 5.38. The summed E-state index contributed by atoms with van der Waals surface area (Å²) in [6, 6.07) is 12.2. The zero-order valence-corrected chi connectivity index (χ0v) is 17.6. The Labute approximate surface area is 178 Å². The molecule has 0 spiro atoms. The zero-order valence-electron chi connectivity index (χ0n) is 13.6. The molecule has 0 atom stereocenters. The first-order valence-corrected chi connectivity index (χ1v) is 10.0. The van der Waals surface area contributed by atoms with E-state index in [1.165, 1.54) is 11.8 Å². The molecule has 138 valence electrons. The summed E-state index contributed by atoms with van der Waals surface area (Å²) in [5.74, 6) is -0.110. The number of anilines is 1. The lowest BCUT2D eigenvalue weighted by atomic mass is 10.2. The molecule has 1 aliphatic rings. The van der Waals surface area contributed by atoms with E-state index in [2.05, 4.69) is 26.6 Å². The third-order valence-corrected chi connectivity index (χ3v) is 5.26. The number of halogens is 2. The molecule has 27 heavy (non-hydrogen) atoms. The number of rotatable bonds is 5. The molecule has 1 aliphatic heterocycles. The summed E-state index contributed by atoms with van der Waals surface area (Å²) in [5, 5.41) is 5.80. The standard InChI is InChI=1S/C18H12BrClN2O3S2/c19-11-4-5-14(10(6-11)7-15-17(24)22-18(26)27-15)25-9-16(23)21-13-3-1-2-12(20)8-13/h1-8H,9H2,(H,21,23)(H,22,24,26)/b15-7-. The number of hydrogen-bond donors (Lipinski definition) is 2. The fourth-order valence-electron chi connectivity index (χ4n) is 2.23. The van der Waals surface area contributed by atoms with Gasteiger partial charge in [0.1, 0.15) is 10.1 Å². The van der Waals surface area contributed by atoms with Crippen LogP contribution in [-0.4, -0.2) is 22.7 Å². The van der Waals surface area contributed by atoms with Crippen LogP contribution in [0.4, 0.5) is 5.69 Å². The van der Waals surface area contributed by atoms with Crippen molar-refractivity contribution in [3.05, 3.63) is 62.4 Å². The van der Waals surface area contributed by atoms with Gasteiger partial charge in [-0.1, -0.05) is 57.6 Å². The van der Waals surface area contributed by atoms with Crippen molar-refractivity contribution in [1.29, 1.82) is 0 Å². The predicted molar refractivity (Wildman–Crippen MR) is 116 cm³/mol. The minimum Gasteiger partial charge on any atom is -0.483 e. The summed E-state index contributed by atoms with van der Waals surface area (Å²) < 4.78 is 6.87. The quantitative estimate of drug-likeness (QED) is 0.480. The van der Waals surface area contributed by atoms with E-state index in [1.807, 2.05) is 0 Å².